The topological polar surface area (TPSA) is 56.8 Å². The first-order valence-electron chi connectivity index (χ1n) is 5.85. The lowest BCUT2D eigenvalue weighted by Gasteiger charge is -2.26. The van der Waals surface area contributed by atoms with E-state index in [1.165, 1.54) is 7.11 Å². The van der Waals surface area contributed by atoms with Crippen molar-refractivity contribution in [2.75, 3.05) is 26.9 Å². The second kappa shape index (κ2) is 5.73. The molecule has 0 saturated heterocycles. The minimum Gasteiger partial charge on any atom is -0.486 e. The molecule has 1 heterocycles. The minimum absolute atomic E-state index is 0.0588. The van der Waals surface area contributed by atoms with Crippen LogP contribution in [0.1, 0.15) is 5.56 Å². The van der Waals surface area contributed by atoms with Crippen LogP contribution >= 0.6 is 0 Å². The van der Waals surface area contributed by atoms with Gasteiger partial charge < -0.3 is 19.5 Å². The number of hydrogen-bond acceptors (Lipinski definition) is 4. The zero-order chi connectivity index (χ0) is 13.0. The van der Waals surface area contributed by atoms with Crippen LogP contribution in [0.15, 0.2) is 18.2 Å². The van der Waals surface area contributed by atoms with Gasteiger partial charge in [0.1, 0.15) is 19.3 Å². The van der Waals surface area contributed by atoms with Crippen molar-refractivity contribution in [1.29, 1.82) is 0 Å². The molecule has 0 spiro atoms. The molecule has 0 fully saturated rings. The summed E-state index contributed by atoms with van der Waals surface area (Å²) < 4.78 is 16.1. The van der Waals surface area contributed by atoms with Crippen LogP contribution in [0.4, 0.5) is 0 Å². The van der Waals surface area contributed by atoms with E-state index in [1.54, 1.807) is 0 Å². The molecule has 98 valence electrons. The predicted octanol–water partition coefficient (Wildman–Crippen LogP) is 0.897. The smallest absolute Gasteiger partial charge is 0.246 e. The second-order valence-corrected chi connectivity index (χ2v) is 4.24. The molecule has 0 aliphatic carbocycles. The molecule has 0 saturated carbocycles. The number of carbonyl (C=O) groups is 1. The Labute approximate surface area is 106 Å². The number of fused-ring (bicyclic) bond motifs is 1. The quantitative estimate of drug-likeness (QED) is 0.863. The van der Waals surface area contributed by atoms with Crippen LogP contribution in [-0.4, -0.2) is 38.9 Å². The van der Waals surface area contributed by atoms with Gasteiger partial charge >= 0.3 is 0 Å². The normalized spacial score (nSPS) is 17.3. The lowest BCUT2D eigenvalue weighted by molar-refractivity contribution is -0.125. The molecule has 1 atom stereocenters. The largest absolute Gasteiger partial charge is 0.486 e. The van der Waals surface area contributed by atoms with Gasteiger partial charge in [0, 0.05) is 7.11 Å². The van der Waals surface area contributed by atoms with Crippen molar-refractivity contribution >= 4 is 5.91 Å². The van der Waals surface area contributed by atoms with Gasteiger partial charge in [-0.25, -0.2) is 0 Å². The van der Waals surface area contributed by atoms with E-state index in [-0.39, 0.29) is 18.6 Å². The van der Waals surface area contributed by atoms with Crippen LogP contribution in [0, 0.1) is 6.92 Å². The summed E-state index contributed by atoms with van der Waals surface area (Å²) >= 11 is 0. The van der Waals surface area contributed by atoms with Crippen LogP contribution in [0.3, 0.4) is 0 Å². The number of rotatable bonds is 4. The molecular weight excluding hydrogens is 234 g/mol. The molecule has 1 aliphatic heterocycles. The molecule has 18 heavy (non-hydrogen) atoms. The Balaban J connectivity index is 1.89. The van der Waals surface area contributed by atoms with Crippen molar-refractivity contribution in [1.82, 2.24) is 5.32 Å². The van der Waals surface area contributed by atoms with Crippen molar-refractivity contribution in [3.63, 3.8) is 0 Å². The number of benzene rings is 1. The zero-order valence-electron chi connectivity index (χ0n) is 10.6. The third kappa shape index (κ3) is 3.13. The first-order valence-corrected chi connectivity index (χ1v) is 5.85. The molecule has 1 N–H and O–H groups in total. The standard InChI is InChI=1S/C13H17NO4/c1-9-3-4-11-12(5-9)18-10(7-17-11)6-14-13(15)8-16-2/h3-5,10H,6-8H2,1-2H3,(H,14,15). The zero-order valence-corrected chi connectivity index (χ0v) is 10.6. The van der Waals surface area contributed by atoms with Crippen LogP contribution in [0.5, 0.6) is 11.5 Å². The van der Waals surface area contributed by atoms with Crippen molar-refractivity contribution in [3.8, 4) is 11.5 Å². The summed E-state index contributed by atoms with van der Waals surface area (Å²) in [5, 5.41) is 2.73. The van der Waals surface area contributed by atoms with Crippen molar-refractivity contribution in [2.24, 2.45) is 0 Å². The lowest BCUT2D eigenvalue weighted by Crippen LogP contribution is -2.41. The van der Waals surface area contributed by atoms with Crippen LogP contribution in [-0.2, 0) is 9.53 Å². The number of hydrogen-bond donors (Lipinski definition) is 1. The summed E-state index contributed by atoms with van der Waals surface area (Å²) in [7, 11) is 1.48. The number of aryl methyl sites for hydroxylation is 1. The van der Waals surface area contributed by atoms with Crippen molar-refractivity contribution in [2.45, 2.75) is 13.0 Å². The SMILES string of the molecule is COCC(=O)NCC1COc2ccc(C)cc2O1. The Morgan fingerprint density at radius 1 is 1.50 bits per heavy atom. The van der Waals surface area contributed by atoms with E-state index in [0.29, 0.717) is 13.2 Å². The van der Waals surface area contributed by atoms with Gasteiger partial charge in [0.05, 0.1) is 6.54 Å². The molecule has 1 unspecified atom stereocenters. The highest BCUT2D eigenvalue weighted by Crippen LogP contribution is 2.32. The molecule has 5 heteroatoms. The average Bonchev–Trinajstić information content (AvgIpc) is 2.36. The molecule has 0 aromatic heterocycles. The second-order valence-electron chi connectivity index (χ2n) is 4.24. The Hall–Kier alpha value is -1.75. The predicted molar refractivity (Wildman–Crippen MR) is 66.0 cm³/mol. The van der Waals surface area contributed by atoms with E-state index in [1.807, 2.05) is 25.1 Å². The van der Waals surface area contributed by atoms with E-state index < -0.39 is 0 Å². The van der Waals surface area contributed by atoms with Gasteiger partial charge in [-0.15, -0.1) is 0 Å². The van der Waals surface area contributed by atoms with E-state index in [9.17, 15) is 4.79 Å². The monoisotopic (exact) mass is 251 g/mol. The minimum atomic E-state index is -0.167. The van der Waals surface area contributed by atoms with E-state index in [2.05, 4.69) is 5.32 Å². The number of nitrogens with one attached hydrogen (secondary N) is 1. The summed E-state index contributed by atoms with van der Waals surface area (Å²) in [5.74, 6) is 1.32. The van der Waals surface area contributed by atoms with Gasteiger partial charge in [-0.1, -0.05) is 6.07 Å². The van der Waals surface area contributed by atoms with E-state index in [4.69, 9.17) is 14.2 Å². The summed E-state index contributed by atoms with van der Waals surface area (Å²) in [6.07, 6.45) is -0.167. The number of methoxy groups -OCH3 is 1. The first kappa shape index (κ1) is 12.7. The summed E-state index contributed by atoms with van der Waals surface area (Å²) in [6, 6.07) is 5.80. The fourth-order valence-corrected chi connectivity index (χ4v) is 1.73. The molecule has 5 nitrogen and oxygen atoms in total. The molecule has 0 bridgehead atoms. The van der Waals surface area contributed by atoms with Gasteiger partial charge in [-0.3, -0.25) is 4.79 Å². The molecule has 0 radical (unpaired) electrons. The Bertz CT molecular complexity index is 433. The number of carbonyl (C=O) groups excluding carboxylic acids is 1. The van der Waals surface area contributed by atoms with Crippen LogP contribution < -0.4 is 14.8 Å². The van der Waals surface area contributed by atoms with E-state index in [0.717, 1.165) is 17.1 Å². The van der Waals surface area contributed by atoms with Crippen molar-refractivity contribution < 1.29 is 19.0 Å². The highest BCUT2D eigenvalue weighted by atomic mass is 16.6. The number of ether oxygens (including phenoxy) is 3. The molecule has 1 aromatic carbocycles. The third-order valence-corrected chi connectivity index (χ3v) is 2.62. The Morgan fingerprint density at radius 3 is 3.11 bits per heavy atom. The summed E-state index contributed by atoms with van der Waals surface area (Å²) in [4.78, 5) is 11.3. The summed E-state index contributed by atoms with van der Waals surface area (Å²) in [5.41, 5.74) is 1.11. The molecule has 1 amide bonds. The van der Waals surface area contributed by atoms with E-state index >= 15 is 0 Å². The highest BCUT2D eigenvalue weighted by molar-refractivity contribution is 5.77. The maximum atomic E-state index is 11.3. The Morgan fingerprint density at radius 2 is 2.33 bits per heavy atom. The fourth-order valence-electron chi connectivity index (χ4n) is 1.73. The first-order chi connectivity index (χ1) is 8.69. The number of amides is 1. The maximum absolute atomic E-state index is 11.3. The lowest BCUT2D eigenvalue weighted by atomic mass is 10.2. The van der Waals surface area contributed by atoms with Crippen molar-refractivity contribution in [3.05, 3.63) is 23.8 Å². The fraction of sp³-hybridized carbons (Fsp3) is 0.462. The van der Waals surface area contributed by atoms with Crippen LogP contribution in [0.2, 0.25) is 0 Å². The van der Waals surface area contributed by atoms with Crippen LogP contribution in [0.25, 0.3) is 0 Å². The molecular formula is C13H17NO4. The van der Waals surface area contributed by atoms with Gasteiger partial charge in [0.2, 0.25) is 5.91 Å². The molecule has 1 aromatic rings. The third-order valence-electron chi connectivity index (χ3n) is 2.62. The van der Waals surface area contributed by atoms with Gasteiger partial charge in [0.25, 0.3) is 0 Å². The average molecular weight is 251 g/mol. The molecule has 2 rings (SSSR count). The maximum Gasteiger partial charge on any atom is 0.246 e. The summed E-state index contributed by atoms with van der Waals surface area (Å²) in [6.45, 7) is 2.90. The van der Waals surface area contributed by atoms with Gasteiger partial charge in [-0.2, -0.15) is 0 Å². The van der Waals surface area contributed by atoms with Gasteiger partial charge in [-0.05, 0) is 24.6 Å². The highest BCUT2D eigenvalue weighted by Gasteiger charge is 2.21. The van der Waals surface area contributed by atoms with Gasteiger partial charge in [0.15, 0.2) is 11.5 Å². The molecule has 1 aliphatic rings. The Kier molecular flexibility index (Phi) is 4.04.